The van der Waals surface area contributed by atoms with Crippen LogP contribution in [0.25, 0.3) is 0 Å². The smallest absolute Gasteiger partial charge is 0.355 e. The molecule has 2 atom stereocenters. The molecule has 0 bridgehead atoms. The summed E-state index contributed by atoms with van der Waals surface area (Å²) in [4.78, 5) is 22.9. The molecule has 1 aromatic heterocycles. The third-order valence-corrected chi connectivity index (χ3v) is 4.62. The molecular weight excluding hydrogens is 357 g/mol. The molecule has 1 aliphatic heterocycles. The number of nitrogens with one attached hydrogen (secondary N) is 1. The van der Waals surface area contributed by atoms with Crippen LogP contribution in [0.2, 0.25) is 0 Å². The lowest BCUT2D eigenvalue weighted by atomic mass is 9.95. The minimum absolute atomic E-state index is 0.360. The van der Waals surface area contributed by atoms with Crippen molar-refractivity contribution in [2.45, 2.75) is 31.5 Å². The molecule has 27 heavy (non-hydrogen) atoms. The van der Waals surface area contributed by atoms with Gasteiger partial charge in [-0.1, -0.05) is 30.3 Å². The predicted octanol–water partition coefficient (Wildman–Crippen LogP) is 3.50. The number of piperidine rings is 1. The Morgan fingerprint density at radius 2 is 2.04 bits per heavy atom. The van der Waals surface area contributed by atoms with E-state index in [1.54, 1.807) is 48.9 Å². The minimum atomic E-state index is -4.37. The van der Waals surface area contributed by atoms with Crippen molar-refractivity contribution in [1.82, 2.24) is 15.3 Å². The third kappa shape index (κ3) is 5.42. The van der Waals surface area contributed by atoms with Gasteiger partial charge in [0.2, 0.25) is 5.91 Å². The molecule has 1 aromatic carbocycles. The average molecular weight is 378 g/mol. The first-order valence-corrected chi connectivity index (χ1v) is 8.85. The molecular formula is C19H21F3N4O. The van der Waals surface area contributed by atoms with Gasteiger partial charge in [0.25, 0.3) is 0 Å². The largest absolute Gasteiger partial charge is 0.391 e. The molecule has 2 aromatic rings. The zero-order valence-electron chi connectivity index (χ0n) is 14.7. The molecule has 3 rings (SSSR count). The lowest BCUT2D eigenvalue weighted by molar-refractivity contribution is -0.143. The van der Waals surface area contributed by atoms with Gasteiger partial charge in [0.05, 0.1) is 24.6 Å². The van der Waals surface area contributed by atoms with Gasteiger partial charge in [0.1, 0.15) is 5.82 Å². The molecule has 1 N–H and O–H groups in total. The summed E-state index contributed by atoms with van der Waals surface area (Å²) in [6, 6.07) is 7.18. The first-order chi connectivity index (χ1) is 12.9. The van der Waals surface area contributed by atoms with Crippen molar-refractivity contribution in [1.29, 1.82) is 0 Å². The summed E-state index contributed by atoms with van der Waals surface area (Å²) in [7, 11) is 0. The van der Waals surface area contributed by atoms with Crippen molar-refractivity contribution in [2.75, 3.05) is 18.0 Å². The van der Waals surface area contributed by atoms with E-state index in [-0.39, 0.29) is 11.8 Å². The van der Waals surface area contributed by atoms with E-state index in [0.29, 0.717) is 24.3 Å². The van der Waals surface area contributed by atoms with Crippen LogP contribution in [0.1, 0.15) is 30.9 Å². The number of nitrogens with zero attached hydrogens (tertiary/aromatic N) is 3. The fourth-order valence-electron chi connectivity index (χ4n) is 3.31. The topological polar surface area (TPSA) is 58.1 Å². The predicted molar refractivity (Wildman–Crippen MR) is 95.0 cm³/mol. The lowest BCUT2D eigenvalue weighted by Crippen LogP contribution is -2.44. The number of aromatic nitrogens is 2. The van der Waals surface area contributed by atoms with Crippen molar-refractivity contribution >= 4 is 11.7 Å². The Morgan fingerprint density at radius 3 is 2.70 bits per heavy atom. The Hall–Kier alpha value is -2.64. The van der Waals surface area contributed by atoms with Gasteiger partial charge in [-0.3, -0.25) is 9.78 Å². The van der Waals surface area contributed by atoms with Gasteiger partial charge in [-0.15, -0.1) is 0 Å². The molecule has 0 aliphatic carbocycles. The quantitative estimate of drug-likeness (QED) is 0.865. The van der Waals surface area contributed by atoms with Gasteiger partial charge in [0.15, 0.2) is 0 Å². The Kier molecular flexibility index (Phi) is 5.93. The second-order valence-corrected chi connectivity index (χ2v) is 6.64. The SMILES string of the molecule is O=C(N[C@@H](CC(F)(F)F)c1ccccc1)[C@@H]1CCCN(c2cnccn2)C1. The molecule has 1 amide bonds. The van der Waals surface area contributed by atoms with E-state index >= 15 is 0 Å². The summed E-state index contributed by atoms with van der Waals surface area (Å²) in [6.07, 6.45) is 0.707. The Labute approximate surface area is 155 Å². The maximum absolute atomic E-state index is 13.0. The van der Waals surface area contributed by atoms with Crippen LogP contribution in [0.3, 0.4) is 0 Å². The van der Waals surface area contributed by atoms with Gasteiger partial charge in [-0.05, 0) is 18.4 Å². The number of alkyl halides is 3. The maximum Gasteiger partial charge on any atom is 0.391 e. The summed E-state index contributed by atoms with van der Waals surface area (Å²) >= 11 is 0. The first kappa shape index (κ1) is 19.1. The molecule has 1 saturated heterocycles. The number of amides is 1. The number of carbonyl (C=O) groups excluding carboxylic acids is 1. The van der Waals surface area contributed by atoms with E-state index in [1.807, 2.05) is 4.90 Å². The highest BCUT2D eigenvalue weighted by molar-refractivity contribution is 5.80. The molecule has 0 radical (unpaired) electrons. The molecule has 0 spiro atoms. The molecule has 8 heteroatoms. The van der Waals surface area contributed by atoms with Crippen molar-refractivity contribution in [3.63, 3.8) is 0 Å². The number of benzene rings is 1. The average Bonchev–Trinajstić information content (AvgIpc) is 2.68. The second-order valence-electron chi connectivity index (χ2n) is 6.64. The van der Waals surface area contributed by atoms with E-state index in [2.05, 4.69) is 15.3 Å². The highest BCUT2D eigenvalue weighted by atomic mass is 19.4. The van der Waals surface area contributed by atoms with E-state index in [4.69, 9.17) is 0 Å². The van der Waals surface area contributed by atoms with Gasteiger partial charge in [-0.25, -0.2) is 4.98 Å². The fourth-order valence-corrected chi connectivity index (χ4v) is 3.31. The van der Waals surface area contributed by atoms with E-state index < -0.39 is 18.6 Å². The monoisotopic (exact) mass is 378 g/mol. The summed E-state index contributed by atoms with van der Waals surface area (Å²) in [6.45, 7) is 1.16. The van der Waals surface area contributed by atoms with Crippen molar-refractivity contribution in [2.24, 2.45) is 5.92 Å². The number of rotatable bonds is 5. The lowest BCUT2D eigenvalue weighted by Gasteiger charge is -2.33. The number of halogens is 3. The van der Waals surface area contributed by atoms with Gasteiger partial charge in [-0.2, -0.15) is 13.2 Å². The molecule has 0 saturated carbocycles. The highest BCUT2D eigenvalue weighted by Crippen LogP contribution is 2.30. The van der Waals surface area contributed by atoms with E-state index in [1.165, 1.54) is 0 Å². The van der Waals surface area contributed by atoms with Crippen molar-refractivity contribution in [3.8, 4) is 0 Å². The molecule has 5 nitrogen and oxygen atoms in total. The van der Waals surface area contributed by atoms with Gasteiger partial charge >= 0.3 is 6.18 Å². The number of hydrogen-bond acceptors (Lipinski definition) is 4. The maximum atomic E-state index is 13.0. The van der Waals surface area contributed by atoms with Crippen LogP contribution in [-0.2, 0) is 4.79 Å². The Morgan fingerprint density at radius 1 is 1.26 bits per heavy atom. The molecule has 1 aliphatic rings. The fraction of sp³-hybridized carbons (Fsp3) is 0.421. The summed E-state index contributed by atoms with van der Waals surface area (Å²) in [5.41, 5.74) is 0.449. The highest BCUT2D eigenvalue weighted by Gasteiger charge is 2.35. The van der Waals surface area contributed by atoms with Gasteiger partial charge < -0.3 is 10.2 Å². The van der Waals surface area contributed by atoms with Crippen LogP contribution >= 0.6 is 0 Å². The molecule has 0 unspecified atom stereocenters. The van der Waals surface area contributed by atoms with Crippen LogP contribution in [0.4, 0.5) is 19.0 Å². The van der Waals surface area contributed by atoms with Gasteiger partial charge in [0, 0.05) is 25.5 Å². The van der Waals surface area contributed by atoms with Crippen LogP contribution in [0, 0.1) is 5.92 Å². The molecule has 144 valence electrons. The van der Waals surface area contributed by atoms with E-state index in [9.17, 15) is 18.0 Å². The van der Waals surface area contributed by atoms with Crippen LogP contribution < -0.4 is 10.2 Å². The minimum Gasteiger partial charge on any atom is -0.355 e. The third-order valence-electron chi connectivity index (χ3n) is 4.62. The number of carbonyl (C=O) groups is 1. The molecule has 1 fully saturated rings. The normalized spacial score (nSPS) is 18.8. The van der Waals surface area contributed by atoms with Crippen LogP contribution in [-0.4, -0.2) is 35.1 Å². The summed E-state index contributed by atoms with van der Waals surface area (Å²) in [5.74, 6) is -0.0770. The second kappa shape index (κ2) is 8.37. The standard InChI is InChI=1S/C19H21F3N4O/c20-19(21,22)11-16(14-5-2-1-3-6-14)25-18(27)15-7-4-10-26(13-15)17-12-23-8-9-24-17/h1-3,5-6,8-9,12,15-16H,4,7,10-11,13H2,(H,25,27)/t15-,16+/m1/s1. The first-order valence-electron chi connectivity index (χ1n) is 8.85. The Balaban J connectivity index is 1.69. The Bertz CT molecular complexity index is 740. The van der Waals surface area contributed by atoms with Crippen molar-refractivity contribution in [3.05, 3.63) is 54.5 Å². The van der Waals surface area contributed by atoms with Crippen LogP contribution in [0.5, 0.6) is 0 Å². The van der Waals surface area contributed by atoms with Crippen molar-refractivity contribution < 1.29 is 18.0 Å². The van der Waals surface area contributed by atoms with Crippen LogP contribution in [0.15, 0.2) is 48.9 Å². The summed E-state index contributed by atoms with van der Waals surface area (Å²) < 4.78 is 39.0. The zero-order chi connectivity index (χ0) is 19.3. The number of anilines is 1. The van der Waals surface area contributed by atoms with E-state index in [0.717, 1.165) is 13.0 Å². The summed E-state index contributed by atoms with van der Waals surface area (Å²) in [5, 5.41) is 2.61. The zero-order valence-corrected chi connectivity index (χ0v) is 14.7. The molecule has 2 heterocycles. The number of hydrogen-bond donors (Lipinski definition) is 1.